The molecule has 8 nitrogen and oxygen atoms in total. The van der Waals surface area contributed by atoms with Crippen LogP contribution in [0.4, 0.5) is 11.4 Å². The molecule has 1 aliphatic rings. The van der Waals surface area contributed by atoms with Crippen LogP contribution in [0.3, 0.4) is 0 Å². The third-order valence-corrected chi connectivity index (χ3v) is 5.35. The number of anilines is 1. The summed E-state index contributed by atoms with van der Waals surface area (Å²) >= 11 is 5.94. The van der Waals surface area contributed by atoms with E-state index in [1.165, 1.54) is 18.2 Å². The van der Waals surface area contributed by atoms with E-state index in [0.717, 1.165) is 41.3 Å². The van der Waals surface area contributed by atoms with Crippen LogP contribution in [-0.4, -0.2) is 38.1 Å². The molecule has 1 heterocycles. The number of nitro groups is 1. The summed E-state index contributed by atoms with van der Waals surface area (Å²) in [5.74, 6) is 1.17. The van der Waals surface area contributed by atoms with Crippen molar-refractivity contribution in [3.8, 4) is 11.5 Å². The molecule has 29 heavy (non-hydrogen) atoms. The van der Waals surface area contributed by atoms with Gasteiger partial charge in [-0.15, -0.1) is 0 Å². The predicted molar refractivity (Wildman–Crippen MR) is 109 cm³/mol. The van der Waals surface area contributed by atoms with E-state index >= 15 is 0 Å². The summed E-state index contributed by atoms with van der Waals surface area (Å²) in [7, 11) is 3.22. The summed E-state index contributed by atoms with van der Waals surface area (Å²) in [4.78, 5) is 24.4. The predicted octanol–water partition coefficient (Wildman–Crippen LogP) is 2.62. The number of rotatable bonds is 7. The van der Waals surface area contributed by atoms with E-state index in [-0.39, 0.29) is 29.9 Å². The van der Waals surface area contributed by atoms with Crippen molar-refractivity contribution in [2.45, 2.75) is 18.9 Å². The molecule has 1 unspecified atom stereocenters. The smallest absolute Gasteiger partial charge is 0.292 e. The lowest BCUT2D eigenvalue weighted by molar-refractivity contribution is -0.910. The molecule has 0 aromatic heterocycles. The maximum atomic E-state index is 12.7. The Morgan fingerprint density at radius 3 is 2.76 bits per heavy atom. The summed E-state index contributed by atoms with van der Waals surface area (Å²) in [5.41, 5.74) is 0.896. The molecule has 0 saturated carbocycles. The van der Waals surface area contributed by atoms with Crippen LogP contribution in [0.25, 0.3) is 0 Å². The van der Waals surface area contributed by atoms with Crippen LogP contribution in [0, 0.1) is 10.1 Å². The highest BCUT2D eigenvalue weighted by Gasteiger charge is 2.34. The van der Waals surface area contributed by atoms with Crippen molar-refractivity contribution in [2.75, 3.05) is 32.6 Å². The Morgan fingerprint density at radius 1 is 1.28 bits per heavy atom. The monoisotopic (exact) mass is 420 g/mol. The summed E-state index contributed by atoms with van der Waals surface area (Å²) in [6.45, 7) is 0.991. The minimum absolute atomic E-state index is 0.0696. The highest BCUT2D eigenvalue weighted by atomic mass is 35.5. The van der Waals surface area contributed by atoms with Gasteiger partial charge in [0.1, 0.15) is 23.2 Å². The highest BCUT2D eigenvalue weighted by molar-refractivity contribution is 6.31. The van der Waals surface area contributed by atoms with Crippen LogP contribution in [-0.2, 0) is 4.79 Å². The number of nitrogens with zero attached hydrogens (tertiary/aromatic N) is 1. The lowest BCUT2D eigenvalue weighted by atomic mass is 10.0. The molecular formula is C20H23ClN3O5+. The standard InChI is InChI=1S/C20H22ClN3O5/c1-28-14-6-8-19(29-2)15(11-14)17-4-3-9-23(17)12-20(25)22-16-10-13(21)5-7-18(16)24(26)27/h5-8,10-11,17H,3-4,9,12H2,1-2H3,(H,22,25)/p+1/t17-/m0/s1. The fourth-order valence-electron chi connectivity index (χ4n) is 3.78. The molecule has 1 saturated heterocycles. The van der Waals surface area contributed by atoms with E-state index in [1.807, 2.05) is 18.2 Å². The molecule has 0 spiro atoms. The molecule has 2 atom stereocenters. The summed E-state index contributed by atoms with van der Waals surface area (Å²) < 4.78 is 10.8. The average molecular weight is 421 g/mol. The van der Waals surface area contributed by atoms with Gasteiger partial charge in [-0.3, -0.25) is 14.9 Å². The number of carbonyl (C=O) groups excluding carboxylic acids is 1. The zero-order valence-electron chi connectivity index (χ0n) is 16.2. The first-order valence-corrected chi connectivity index (χ1v) is 9.61. The topological polar surface area (TPSA) is 95.1 Å². The minimum Gasteiger partial charge on any atom is -0.497 e. The molecular weight excluding hydrogens is 398 g/mol. The van der Waals surface area contributed by atoms with Gasteiger partial charge in [0.2, 0.25) is 0 Å². The van der Waals surface area contributed by atoms with Gasteiger partial charge in [-0.05, 0) is 30.3 Å². The number of ether oxygens (including phenoxy) is 2. The SMILES string of the molecule is COc1ccc(OC)c([C@@H]2CCC[NH+]2CC(=O)Nc2cc(Cl)ccc2[N+](=O)[O-])c1. The van der Waals surface area contributed by atoms with Crippen molar-refractivity contribution in [1.82, 2.24) is 0 Å². The van der Waals surface area contributed by atoms with Gasteiger partial charge in [0.05, 0.1) is 31.3 Å². The number of nitrogens with one attached hydrogen (secondary N) is 2. The molecule has 154 valence electrons. The van der Waals surface area contributed by atoms with Gasteiger partial charge in [-0.25, -0.2) is 0 Å². The summed E-state index contributed by atoms with van der Waals surface area (Å²) in [6.07, 6.45) is 1.87. The molecule has 1 aliphatic heterocycles. The maximum absolute atomic E-state index is 12.7. The first kappa shape index (κ1) is 20.9. The molecule has 0 aliphatic carbocycles. The molecule has 2 aromatic carbocycles. The summed E-state index contributed by atoms with van der Waals surface area (Å²) in [5, 5.41) is 14.2. The second kappa shape index (κ2) is 9.11. The molecule has 0 bridgehead atoms. The fraction of sp³-hybridized carbons (Fsp3) is 0.350. The van der Waals surface area contributed by atoms with Crippen molar-refractivity contribution in [1.29, 1.82) is 0 Å². The fourth-order valence-corrected chi connectivity index (χ4v) is 3.95. The number of nitro benzene ring substituents is 1. The molecule has 2 aromatic rings. The Balaban J connectivity index is 1.78. The second-order valence-corrected chi connectivity index (χ2v) is 7.29. The van der Waals surface area contributed by atoms with E-state index in [0.29, 0.717) is 5.02 Å². The quantitative estimate of drug-likeness (QED) is 0.530. The largest absolute Gasteiger partial charge is 0.497 e. The van der Waals surface area contributed by atoms with Crippen molar-refractivity contribution in [3.63, 3.8) is 0 Å². The summed E-state index contributed by atoms with van der Waals surface area (Å²) in [6, 6.07) is 9.80. The van der Waals surface area contributed by atoms with E-state index in [4.69, 9.17) is 21.1 Å². The third-order valence-electron chi connectivity index (χ3n) is 5.11. The Kier molecular flexibility index (Phi) is 6.56. The van der Waals surface area contributed by atoms with E-state index in [1.54, 1.807) is 14.2 Å². The number of hydrogen-bond acceptors (Lipinski definition) is 5. The van der Waals surface area contributed by atoms with Crippen molar-refractivity contribution < 1.29 is 24.1 Å². The van der Waals surface area contributed by atoms with E-state index in [9.17, 15) is 14.9 Å². The van der Waals surface area contributed by atoms with E-state index in [2.05, 4.69) is 5.32 Å². The highest BCUT2D eigenvalue weighted by Crippen LogP contribution is 2.32. The number of hydrogen-bond donors (Lipinski definition) is 2. The lowest BCUT2D eigenvalue weighted by Gasteiger charge is -2.23. The number of carbonyl (C=O) groups is 1. The normalized spacial score (nSPS) is 18.3. The number of amides is 1. The second-order valence-electron chi connectivity index (χ2n) is 6.85. The first-order chi connectivity index (χ1) is 13.9. The Hall–Kier alpha value is -2.84. The third kappa shape index (κ3) is 4.78. The zero-order chi connectivity index (χ0) is 21.0. The maximum Gasteiger partial charge on any atom is 0.292 e. The van der Waals surface area contributed by atoms with Gasteiger partial charge in [-0.1, -0.05) is 11.6 Å². The van der Waals surface area contributed by atoms with Gasteiger partial charge in [0.25, 0.3) is 11.6 Å². The van der Waals surface area contributed by atoms with Crippen LogP contribution >= 0.6 is 11.6 Å². The molecule has 1 fully saturated rings. The Morgan fingerprint density at radius 2 is 2.07 bits per heavy atom. The Bertz CT molecular complexity index is 921. The average Bonchev–Trinajstić information content (AvgIpc) is 3.14. The number of quaternary nitrogens is 1. The number of likely N-dealkylation sites (tertiary alicyclic amines) is 1. The molecule has 2 N–H and O–H groups in total. The lowest BCUT2D eigenvalue weighted by Crippen LogP contribution is -3.11. The van der Waals surface area contributed by atoms with Gasteiger partial charge >= 0.3 is 0 Å². The minimum atomic E-state index is -0.543. The van der Waals surface area contributed by atoms with Crippen molar-refractivity contribution in [3.05, 3.63) is 57.1 Å². The molecule has 1 amide bonds. The zero-order valence-corrected chi connectivity index (χ0v) is 17.0. The van der Waals surface area contributed by atoms with Crippen LogP contribution in [0.1, 0.15) is 24.4 Å². The van der Waals surface area contributed by atoms with Crippen molar-refractivity contribution in [2.24, 2.45) is 0 Å². The van der Waals surface area contributed by atoms with Gasteiger partial charge in [0, 0.05) is 23.9 Å². The van der Waals surface area contributed by atoms with Crippen LogP contribution < -0.4 is 19.7 Å². The van der Waals surface area contributed by atoms with Gasteiger partial charge in [-0.2, -0.15) is 0 Å². The van der Waals surface area contributed by atoms with Crippen molar-refractivity contribution >= 4 is 28.9 Å². The first-order valence-electron chi connectivity index (χ1n) is 9.23. The molecule has 3 rings (SSSR count). The molecule has 0 radical (unpaired) electrons. The van der Waals surface area contributed by atoms with E-state index < -0.39 is 4.92 Å². The van der Waals surface area contributed by atoms with Gasteiger partial charge in [0.15, 0.2) is 6.54 Å². The molecule has 9 heteroatoms. The van der Waals surface area contributed by atoms with Crippen LogP contribution in [0.5, 0.6) is 11.5 Å². The van der Waals surface area contributed by atoms with Gasteiger partial charge < -0.3 is 19.7 Å². The van der Waals surface area contributed by atoms with Crippen LogP contribution in [0.15, 0.2) is 36.4 Å². The number of methoxy groups -OCH3 is 2. The van der Waals surface area contributed by atoms with Crippen LogP contribution in [0.2, 0.25) is 5.02 Å². The number of benzene rings is 2. The Labute approximate surface area is 173 Å². The number of halogens is 1.